The van der Waals surface area contributed by atoms with Crippen molar-refractivity contribution in [2.75, 3.05) is 6.61 Å². The molecule has 0 amide bonds. The summed E-state index contributed by atoms with van der Waals surface area (Å²) in [6.07, 6.45) is 1.73. The van der Waals surface area contributed by atoms with Gasteiger partial charge in [-0.15, -0.1) is 5.10 Å². The fourth-order valence-corrected chi connectivity index (χ4v) is 2.24. The maximum absolute atomic E-state index is 5.72. The zero-order chi connectivity index (χ0) is 16.2. The van der Waals surface area contributed by atoms with E-state index in [1.165, 1.54) is 0 Å². The lowest BCUT2D eigenvalue weighted by atomic mass is 10.3. The number of hydrogen-bond donors (Lipinski definition) is 0. The summed E-state index contributed by atoms with van der Waals surface area (Å²) in [5.74, 6) is 3.86. The summed E-state index contributed by atoms with van der Waals surface area (Å²) in [6.45, 7) is 4.81. The van der Waals surface area contributed by atoms with Crippen LogP contribution < -0.4 is 9.47 Å². The quantitative estimate of drug-likeness (QED) is 0.698. The van der Waals surface area contributed by atoms with E-state index in [9.17, 15) is 0 Å². The van der Waals surface area contributed by atoms with Gasteiger partial charge in [0.1, 0.15) is 23.9 Å². The Balaban J connectivity index is 1.68. The largest absolute Gasteiger partial charge is 0.494 e. The Morgan fingerprint density at radius 2 is 1.74 bits per heavy atom. The van der Waals surface area contributed by atoms with Gasteiger partial charge in [-0.25, -0.2) is 4.98 Å². The van der Waals surface area contributed by atoms with Gasteiger partial charge in [0, 0.05) is 13.1 Å². The second kappa shape index (κ2) is 6.51. The van der Waals surface area contributed by atoms with Crippen molar-refractivity contribution in [2.24, 2.45) is 7.05 Å². The monoisotopic (exact) mass is 313 g/mol. The second-order valence-electron chi connectivity index (χ2n) is 4.99. The molecule has 2 heterocycles. The topological polar surface area (TPSA) is 67.0 Å². The molecular formula is C16H19N5O2. The van der Waals surface area contributed by atoms with Crippen LogP contribution in [0.15, 0.2) is 36.5 Å². The van der Waals surface area contributed by atoms with Crippen LogP contribution in [0.5, 0.6) is 11.5 Å². The minimum atomic E-state index is 0.305. The first-order chi connectivity index (χ1) is 11.2. The first-order valence-corrected chi connectivity index (χ1v) is 7.44. The summed E-state index contributed by atoms with van der Waals surface area (Å²) in [5.41, 5.74) is 0. The molecule has 23 heavy (non-hydrogen) atoms. The van der Waals surface area contributed by atoms with Crippen LogP contribution >= 0.6 is 0 Å². The third-order valence-corrected chi connectivity index (χ3v) is 3.33. The van der Waals surface area contributed by atoms with Crippen LogP contribution in [0.1, 0.15) is 18.6 Å². The Morgan fingerprint density at radius 1 is 1.04 bits per heavy atom. The molecule has 2 aromatic heterocycles. The zero-order valence-electron chi connectivity index (χ0n) is 13.4. The van der Waals surface area contributed by atoms with Crippen LogP contribution in [-0.2, 0) is 13.7 Å². The molecule has 0 saturated heterocycles. The van der Waals surface area contributed by atoms with E-state index >= 15 is 0 Å². The number of ether oxygens (including phenoxy) is 2. The van der Waals surface area contributed by atoms with Gasteiger partial charge in [-0.2, -0.15) is 9.78 Å². The predicted molar refractivity (Wildman–Crippen MR) is 84.8 cm³/mol. The van der Waals surface area contributed by atoms with E-state index < -0.39 is 0 Å². The van der Waals surface area contributed by atoms with Crippen LogP contribution in [0.4, 0.5) is 0 Å². The summed E-state index contributed by atoms with van der Waals surface area (Å²) >= 11 is 0. The van der Waals surface area contributed by atoms with Crippen molar-refractivity contribution >= 4 is 0 Å². The predicted octanol–water partition coefficient (Wildman–Crippen LogP) is 2.29. The van der Waals surface area contributed by atoms with E-state index in [2.05, 4.69) is 15.2 Å². The van der Waals surface area contributed by atoms with Gasteiger partial charge in [0.15, 0.2) is 11.6 Å². The van der Waals surface area contributed by atoms with Crippen molar-refractivity contribution in [3.8, 4) is 17.3 Å². The summed E-state index contributed by atoms with van der Waals surface area (Å²) < 4.78 is 14.6. The summed E-state index contributed by atoms with van der Waals surface area (Å²) in [5, 5.41) is 8.62. The molecule has 0 atom stereocenters. The molecule has 3 rings (SSSR count). The maximum Gasteiger partial charge on any atom is 0.188 e. The number of aromatic nitrogens is 5. The van der Waals surface area contributed by atoms with Gasteiger partial charge in [-0.1, -0.05) is 0 Å². The molecule has 0 spiro atoms. The lowest BCUT2D eigenvalue weighted by Gasteiger charge is -2.06. The Kier molecular flexibility index (Phi) is 4.27. The van der Waals surface area contributed by atoms with E-state index in [0.717, 1.165) is 23.1 Å². The van der Waals surface area contributed by atoms with Gasteiger partial charge in [-0.3, -0.25) is 4.68 Å². The summed E-state index contributed by atoms with van der Waals surface area (Å²) in [4.78, 5) is 4.43. The lowest BCUT2D eigenvalue weighted by molar-refractivity contribution is 0.294. The van der Waals surface area contributed by atoms with E-state index in [-0.39, 0.29) is 0 Å². The molecule has 0 radical (unpaired) electrons. The van der Waals surface area contributed by atoms with E-state index in [0.29, 0.717) is 19.0 Å². The van der Waals surface area contributed by atoms with Crippen molar-refractivity contribution in [1.29, 1.82) is 0 Å². The Bertz CT molecular complexity index is 776. The van der Waals surface area contributed by atoms with Crippen molar-refractivity contribution in [2.45, 2.75) is 20.5 Å². The third kappa shape index (κ3) is 3.33. The highest BCUT2D eigenvalue weighted by Crippen LogP contribution is 2.18. The molecule has 0 saturated carbocycles. The van der Waals surface area contributed by atoms with Crippen molar-refractivity contribution < 1.29 is 9.47 Å². The minimum Gasteiger partial charge on any atom is -0.494 e. The number of hydrogen-bond acceptors (Lipinski definition) is 5. The lowest BCUT2D eigenvalue weighted by Crippen LogP contribution is -2.06. The highest BCUT2D eigenvalue weighted by Gasteiger charge is 2.11. The van der Waals surface area contributed by atoms with Gasteiger partial charge < -0.3 is 9.47 Å². The molecule has 0 bridgehead atoms. The number of benzene rings is 1. The Morgan fingerprint density at radius 3 is 2.35 bits per heavy atom. The van der Waals surface area contributed by atoms with Crippen LogP contribution in [0.2, 0.25) is 0 Å². The van der Waals surface area contributed by atoms with Gasteiger partial charge >= 0.3 is 0 Å². The van der Waals surface area contributed by atoms with Crippen LogP contribution in [0.3, 0.4) is 0 Å². The molecular weight excluding hydrogens is 294 g/mol. The molecule has 7 heteroatoms. The molecule has 0 aliphatic carbocycles. The summed E-state index contributed by atoms with van der Waals surface area (Å²) in [7, 11) is 1.87. The number of nitrogens with zero attached hydrogens (tertiary/aromatic N) is 5. The smallest absolute Gasteiger partial charge is 0.188 e. The average molecular weight is 313 g/mol. The van der Waals surface area contributed by atoms with Crippen molar-refractivity contribution in [1.82, 2.24) is 24.5 Å². The standard InChI is InChI=1S/C16H19N5O2/c1-4-22-13-5-7-14(8-6-13)23-11-15-18-12(2)21(19-15)16-9-10-17-20(16)3/h5-10H,4,11H2,1-3H3. The second-order valence-corrected chi connectivity index (χ2v) is 4.99. The van der Waals surface area contributed by atoms with Crippen LogP contribution in [0, 0.1) is 6.92 Å². The Labute approximate surface area is 134 Å². The highest BCUT2D eigenvalue weighted by atomic mass is 16.5. The summed E-state index contributed by atoms with van der Waals surface area (Å²) in [6, 6.07) is 9.39. The van der Waals surface area contributed by atoms with Gasteiger partial charge in [-0.05, 0) is 38.1 Å². The molecule has 0 aliphatic rings. The van der Waals surface area contributed by atoms with Crippen molar-refractivity contribution in [3.05, 3.63) is 48.2 Å². The molecule has 3 aromatic rings. The van der Waals surface area contributed by atoms with Crippen molar-refractivity contribution in [3.63, 3.8) is 0 Å². The first kappa shape index (κ1) is 15.1. The first-order valence-electron chi connectivity index (χ1n) is 7.44. The average Bonchev–Trinajstić information content (AvgIpc) is 3.12. The molecule has 0 fully saturated rings. The van der Waals surface area contributed by atoms with Gasteiger partial charge in [0.25, 0.3) is 0 Å². The Hall–Kier alpha value is -2.83. The maximum atomic E-state index is 5.72. The van der Waals surface area contributed by atoms with Crippen LogP contribution in [-0.4, -0.2) is 31.2 Å². The molecule has 0 N–H and O–H groups in total. The van der Waals surface area contributed by atoms with E-state index in [4.69, 9.17) is 9.47 Å². The molecule has 1 aromatic carbocycles. The molecule has 7 nitrogen and oxygen atoms in total. The fraction of sp³-hybridized carbons (Fsp3) is 0.312. The normalized spacial score (nSPS) is 10.7. The van der Waals surface area contributed by atoms with Gasteiger partial charge in [0.2, 0.25) is 0 Å². The SMILES string of the molecule is CCOc1ccc(OCc2nc(C)n(-c3ccnn3C)n2)cc1. The van der Waals surface area contributed by atoms with Crippen LogP contribution in [0.25, 0.3) is 5.82 Å². The minimum absolute atomic E-state index is 0.305. The number of rotatable bonds is 6. The van der Waals surface area contributed by atoms with E-state index in [1.54, 1.807) is 15.6 Å². The zero-order valence-corrected chi connectivity index (χ0v) is 13.4. The number of aryl methyl sites for hydroxylation is 2. The molecule has 0 aliphatic heterocycles. The fourth-order valence-electron chi connectivity index (χ4n) is 2.24. The van der Waals surface area contributed by atoms with Gasteiger partial charge in [0.05, 0.1) is 12.8 Å². The van der Waals surface area contributed by atoms with E-state index in [1.807, 2.05) is 51.2 Å². The molecule has 0 unspecified atom stereocenters. The highest BCUT2D eigenvalue weighted by molar-refractivity contribution is 5.31. The molecule has 120 valence electrons. The third-order valence-electron chi connectivity index (χ3n) is 3.33.